The summed E-state index contributed by atoms with van der Waals surface area (Å²) in [4.78, 5) is 25.1. The van der Waals surface area contributed by atoms with Gasteiger partial charge >= 0.3 is 6.03 Å². The molecule has 1 fully saturated rings. The molecule has 0 atom stereocenters. The van der Waals surface area contributed by atoms with Gasteiger partial charge in [-0.25, -0.2) is 14.8 Å². The Morgan fingerprint density at radius 2 is 1.94 bits per heavy atom. The Kier molecular flexibility index (Phi) is 6.32. The molecule has 0 radical (unpaired) electrons. The molecule has 0 saturated heterocycles. The van der Waals surface area contributed by atoms with Crippen LogP contribution in [0.25, 0.3) is 11.1 Å². The van der Waals surface area contributed by atoms with Crippen molar-refractivity contribution in [2.75, 3.05) is 11.4 Å². The Hall–Kier alpha value is -2.90. The first-order chi connectivity index (χ1) is 16.5. The number of benzene rings is 2. The maximum Gasteiger partial charge on any atom is 0.322 e. The molecular formula is C27H31N5OS. The third-order valence-corrected chi connectivity index (χ3v) is 7.77. The summed E-state index contributed by atoms with van der Waals surface area (Å²) in [5, 5.41) is 8.74. The minimum atomic E-state index is -0.0408. The van der Waals surface area contributed by atoms with Crippen molar-refractivity contribution in [3.8, 4) is 11.1 Å². The fraction of sp³-hybridized carbons (Fsp3) is 0.370. The van der Waals surface area contributed by atoms with Crippen molar-refractivity contribution >= 4 is 23.7 Å². The Morgan fingerprint density at radius 3 is 2.65 bits per heavy atom. The number of nitrogens with two attached hydrogens (primary N) is 1. The highest BCUT2D eigenvalue weighted by Gasteiger charge is 2.46. The number of urea groups is 1. The molecule has 1 aliphatic heterocycles. The van der Waals surface area contributed by atoms with Gasteiger partial charge < -0.3 is 5.32 Å². The summed E-state index contributed by atoms with van der Waals surface area (Å²) in [7, 11) is 0. The van der Waals surface area contributed by atoms with Crippen molar-refractivity contribution < 1.29 is 4.79 Å². The smallest absolute Gasteiger partial charge is 0.322 e. The molecule has 176 valence electrons. The Balaban J connectivity index is 1.43. The lowest BCUT2D eigenvalue weighted by Gasteiger charge is -2.25. The Bertz CT molecular complexity index is 1190. The fourth-order valence-electron chi connectivity index (χ4n) is 5.48. The number of carbonyl (C=O) groups is 1. The van der Waals surface area contributed by atoms with Gasteiger partial charge in [-0.15, -0.1) is 0 Å². The average molecular weight is 474 g/mol. The van der Waals surface area contributed by atoms with E-state index in [0.29, 0.717) is 12.5 Å². The number of hydrogen-bond acceptors (Lipinski definition) is 5. The molecule has 0 unspecified atom stereocenters. The van der Waals surface area contributed by atoms with E-state index in [2.05, 4.69) is 47.3 Å². The first kappa shape index (κ1) is 22.9. The monoisotopic (exact) mass is 473 g/mol. The SMILES string of the molecule is CC(C)c1ncncc1-c1ccc2c(c1)C1(CCCC1)CN2C(=O)NCc1ccc(SN)cc1. The molecule has 2 amide bonds. The van der Waals surface area contributed by atoms with Crippen LogP contribution in [0, 0.1) is 0 Å². The molecule has 2 heterocycles. The van der Waals surface area contributed by atoms with Crippen LogP contribution in [0.5, 0.6) is 0 Å². The van der Waals surface area contributed by atoms with Gasteiger partial charge in [0.2, 0.25) is 0 Å². The first-order valence-electron chi connectivity index (χ1n) is 12.0. The maximum absolute atomic E-state index is 13.3. The van der Waals surface area contributed by atoms with Crippen LogP contribution in [0.3, 0.4) is 0 Å². The predicted molar refractivity (Wildman–Crippen MR) is 138 cm³/mol. The second-order valence-corrected chi connectivity index (χ2v) is 10.4. The third-order valence-electron chi connectivity index (χ3n) is 7.23. The molecule has 1 aromatic heterocycles. The van der Waals surface area contributed by atoms with Gasteiger partial charge in [0.05, 0.1) is 5.69 Å². The Morgan fingerprint density at radius 1 is 1.18 bits per heavy atom. The first-order valence-corrected chi connectivity index (χ1v) is 12.8. The summed E-state index contributed by atoms with van der Waals surface area (Å²) in [6.45, 7) is 5.55. The van der Waals surface area contributed by atoms with Gasteiger partial charge in [0.25, 0.3) is 0 Å². The van der Waals surface area contributed by atoms with Crippen LogP contribution in [0.15, 0.2) is 59.9 Å². The standard InChI is InChI=1S/C27H31N5OS/c1-18(2)25-22(15-29-17-31-25)20-7-10-24-23(13-20)27(11-3-4-12-27)16-32(24)26(33)30-14-19-5-8-21(34-28)9-6-19/h5-10,13,15,17-18H,3-4,11-12,14,16,28H2,1-2H3,(H,30,33). The third kappa shape index (κ3) is 4.18. The summed E-state index contributed by atoms with van der Waals surface area (Å²) < 4.78 is 0. The van der Waals surface area contributed by atoms with Gasteiger partial charge in [0.15, 0.2) is 0 Å². The van der Waals surface area contributed by atoms with E-state index in [9.17, 15) is 4.79 Å². The van der Waals surface area contributed by atoms with Crippen molar-refractivity contribution in [1.82, 2.24) is 15.3 Å². The van der Waals surface area contributed by atoms with E-state index in [1.807, 2.05) is 35.4 Å². The lowest BCUT2D eigenvalue weighted by atomic mass is 9.80. The summed E-state index contributed by atoms with van der Waals surface area (Å²) >= 11 is 1.22. The van der Waals surface area contributed by atoms with E-state index in [1.54, 1.807) is 6.33 Å². The Labute approximate surface area is 205 Å². The van der Waals surface area contributed by atoms with Gasteiger partial charge in [-0.1, -0.05) is 44.9 Å². The minimum Gasteiger partial charge on any atom is -0.334 e. The number of nitrogens with one attached hydrogen (secondary N) is 1. The minimum absolute atomic E-state index is 0.0380. The van der Waals surface area contributed by atoms with Crippen LogP contribution < -0.4 is 15.4 Å². The average Bonchev–Trinajstić information content (AvgIpc) is 3.48. The molecule has 3 N–H and O–H groups in total. The van der Waals surface area contributed by atoms with Gasteiger partial charge in [-0.3, -0.25) is 10.0 Å². The van der Waals surface area contributed by atoms with Crippen molar-refractivity contribution in [2.45, 2.75) is 62.3 Å². The summed E-state index contributed by atoms with van der Waals surface area (Å²) in [6, 6.07) is 14.4. The van der Waals surface area contributed by atoms with Crippen LogP contribution in [0.1, 0.15) is 62.3 Å². The highest BCUT2D eigenvalue weighted by Crippen LogP contribution is 2.51. The van der Waals surface area contributed by atoms with E-state index in [0.717, 1.165) is 52.4 Å². The number of nitrogens with zero attached hydrogens (tertiary/aromatic N) is 3. The molecule has 2 aromatic carbocycles. The topological polar surface area (TPSA) is 84.1 Å². The van der Waals surface area contributed by atoms with E-state index in [1.165, 1.54) is 30.4 Å². The second-order valence-electron chi connectivity index (χ2n) is 9.70. The zero-order valence-corrected chi connectivity index (χ0v) is 20.6. The number of amides is 2. The van der Waals surface area contributed by atoms with Gasteiger partial charge in [-0.05, 0) is 71.7 Å². The molecule has 0 bridgehead atoms. The molecule has 7 heteroatoms. The van der Waals surface area contributed by atoms with E-state index < -0.39 is 0 Å². The van der Waals surface area contributed by atoms with Crippen molar-refractivity contribution in [2.24, 2.45) is 5.14 Å². The molecule has 3 aromatic rings. The molecule has 1 saturated carbocycles. The normalized spacial score (nSPS) is 16.3. The zero-order valence-electron chi connectivity index (χ0n) is 19.8. The molecule has 2 aliphatic rings. The zero-order chi connectivity index (χ0) is 23.7. The van der Waals surface area contributed by atoms with Crippen LogP contribution in [0.4, 0.5) is 10.5 Å². The van der Waals surface area contributed by atoms with Crippen LogP contribution >= 0.6 is 11.9 Å². The van der Waals surface area contributed by atoms with Crippen molar-refractivity contribution in [3.05, 3.63) is 71.8 Å². The number of fused-ring (bicyclic) bond motifs is 2. The number of anilines is 1. The van der Waals surface area contributed by atoms with E-state index in [-0.39, 0.29) is 11.4 Å². The quantitative estimate of drug-likeness (QED) is 0.459. The number of aromatic nitrogens is 2. The molecule has 1 spiro atoms. The number of rotatable bonds is 5. The highest BCUT2D eigenvalue weighted by molar-refractivity contribution is 7.97. The molecular weight excluding hydrogens is 442 g/mol. The fourth-order valence-corrected chi connectivity index (χ4v) is 5.77. The number of carbonyl (C=O) groups excluding carboxylic acids is 1. The summed E-state index contributed by atoms with van der Waals surface area (Å²) in [5.74, 6) is 0.312. The van der Waals surface area contributed by atoms with Crippen molar-refractivity contribution in [1.29, 1.82) is 0 Å². The molecule has 1 aliphatic carbocycles. The van der Waals surface area contributed by atoms with E-state index >= 15 is 0 Å². The van der Waals surface area contributed by atoms with Crippen LogP contribution in [-0.2, 0) is 12.0 Å². The molecule has 34 heavy (non-hydrogen) atoms. The van der Waals surface area contributed by atoms with Crippen LogP contribution in [0.2, 0.25) is 0 Å². The lowest BCUT2D eigenvalue weighted by molar-refractivity contribution is 0.245. The van der Waals surface area contributed by atoms with Gasteiger partial charge in [0, 0.05) is 40.8 Å². The summed E-state index contributed by atoms with van der Waals surface area (Å²) in [5.41, 5.74) is 6.69. The molecule has 5 rings (SSSR count). The summed E-state index contributed by atoms with van der Waals surface area (Å²) in [6.07, 6.45) is 8.19. The molecule has 6 nitrogen and oxygen atoms in total. The maximum atomic E-state index is 13.3. The van der Waals surface area contributed by atoms with Crippen LogP contribution in [-0.4, -0.2) is 22.5 Å². The van der Waals surface area contributed by atoms with Gasteiger partial charge in [0.1, 0.15) is 6.33 Å². The van der Waals surface area contributed by atoms with E-state index in [4.69, 9.17) is 5.14 Å². The predicted octanol–water partition coefficient (Wildman–Crippen LogP) is 5.77. The lowest BCUT2D eigenvalue weighted by Crippen LogP contribution is -2.41. The highest BCUT2D eigenvalue weighted by atomic mass is 32.2. The second kappa shape index (κ2) is 9.39. The largest absolute Gasteiger partial charge is 0.334 e. The van der Waals surface area contributed by atoms with Crippen molar-refractivity contribution in [3.63, 3.8) is 0 Å². The number of hydrogen-bond donors (Lipinski definition) is 2. The van der Waals surface area contributed by atoms with Gasteiger partial charge in [-0.2, -0.15) is 0 Å².